The molecule has 0 spiro atoms. The lowest BCUT2D eigenvalue weighted by Crippen LogP contribution is -2.46. The van der Waals surface area contributed by atoms with E-state index in [0.717, 1.165) is 19.3 Å². The molecule has 5 nitrogen and oxygen atoms in total. The van der Waals surface area contributed by atoms with Crippen LogP contribution < -0.4 is 4.72 Å². The molecule has 0 unspecified atom stereocenters. The first-order valence-electron chi connectivity index (χ1n) is 6.74. The first-order chi connectivity index (χ1) is 9.58. The summed E-state index contributed by atoms with van der Waals surface area (Å²) in [4.78, 5) is 10.9. The van der Waals surface area contributed by atoms with Gasteiger partial charge in [-0.1, -0.05) is 24.6 Å². The maximum atomic E-state index is 12.2. The number of hydrogen-bond donors (Lipinski definition) is 1. The topological polar surface area (TPSA) is 72.5 Å². The van der Waals surface area contributed by atoms with Gasteiger partial charge in [0.15, 0.2) is 0 Å². The fraction of sp³-hybridized carbons (Fsp3) is 0.500. The van der Waals surface area contributed by atoms with Gasteiger partial charge in [0.1, 0.15) is 5.60 Å². The fourth-order valence-corrected chi connectivity index (χ4v) is 3.68. The fourth-order valence-electron chi connectivity index (χ4n) is 2.54. The van der Waals surface area contributed by atoms with E-state index in [9.17, 15) is 13.2 Å². The monoisotopic (exact) mass is 297 g/mol. The lowest BCUT2D eigenvalue weighted by atomic mass is 9.85. The van der Waals surface area contributed by atoms with Crippen LogP contribution in [-0.2, 0) is 19.6 Å². The molecule has 1 aliphatic rings. The van der Waals surface area contributed by atoms with E-state index in [1.807, 2.05) is 0 Å². The van der Waals surface area contributed by atoms with Crippen LogP contribution in [-0.4, -0.2) is 27.0 Å². The van der Waals surface area contributed by atoms with Gasteiger partial charge in [-0.05, 0) is 37.8 Å². The molecule has 0 heterocycles. The van der Waals surface area contributed by atoms with E-state index in [2.05, 4.69) is 4.72 Å². The van der Waals surface area contributed by atoms with Crippen molar-refractivity contribution in [3.63, 3.8) is 0 Å². The van der Waals surface area contributed by atoms with Gasteiger partial charge in [-0.25, -0.2) is 13.1 Å². The molecule has 110 valence electrons. The summed E-state index contributed by atoms with van der Waals surface area (Å²) in [5.74, 6) is 0. The minimum Gasteiger partial charge on any atom is -0.460 e. The molecule has 0 aliphatic heterocycles. The highest BCUT2D eigenvalue weighted by Crippen LogP contribution is 2.31. The van der Waals surface area contributed by atoms with Crippen molar-refractivity contribution in [3.8, 4) is 0 Å². The third-order valence-corrected chi connectivity index (χ3v) is 5.12. The van der Waals surface area contributed by atoms with E-state index in [1.54, 1.807) is 18.2 Å². The predicted molar refractivity (Wildman–Crippen MR) is 74.6 cm³/mol. The number of rotatable bonds is 6. The standard InChI is InChI=1S/C14H19NO4S/c16-12-19-14(9-5-2-6-10-14)11-15-20(17,18)13-7-3-1-4-8-13/h1,3-4,7-8,12,15H,2,5-6,9-11H2. The molecule has 1 aliphatic carbocycles. The average Bonchev–Trinajstić information content (AvgIpc) is 2.48. The Kier molecular flexibility index (Phi) is 4.77. The van der Waals surface area contributed by atoms with Gasteiger partial charge in [0.25, 0.3) is 6.47 Å². The number of carbonyl (C=O) groups is 1. The average molecular weight is 297 g/mol. The second-order valence-corrected chi connectivity index (χ2v) is 6.86. The van der Waals surface area contributed by atoms with Crippen molar-refractivity contribution in [2.45, 2.75) is 42.6 Å². The third kappa shape index (κ3) is 3.58. The van der Waals surface area contributed by atoms with Crippen LogP contribution in [0.15, 0.2) is 35.2 Å². The minimum absolute atomic E-state index is 0.128. The predicted octanol–water partition coefficient (Wildman–Crippen LogP) is 1.84. The second-order valence-electron chi connectivity index (χ2n) is 5.10. The molecule has 6 heteroatoms. The van der Waals surface area contributed by atoms with Gasteiger partial charge < -0.3 is 4.74 Å². The Morgan fingerprint density at radius 2 is 1.80 bits per heavy atom. The molecular formula is C14H19NO4S. The van der Waals surface area contributed by atoms with Crippen LogP contribution >= 0.6 is 0 Å². The van der Waals surface area contributed by atoms with Crippen molar-refractivity contribution in [2.24, 2.45) is 0 Å². The van der Waals surface area contributed by atoms with Gasteiger partial charge >= 0.3 is 0 Å². The molecule has 0 bridgehead atoms. The molecule has 0 radical (unpaired) electrons. The normalized spacial score (nSPS) is 18.4. The zero-order valence-electron chi connectivity index (χ0n) is 11.2. The van der Waals surface area contributed by atoms with Crippen LogP contribution in [0.3, 0.4) is 0 Å². The number of ether oxygens (including phenoxy) is 1. The number of carbonyl (C=O) groups excluding carboxylic acids is 1. The molecule has 20 heavy (non-hydrogen) atoms. The van der Waals surface area contributed by atoms with Crippen LogP contribution in [0.1, 0.15) is 32.1 Å². The Hall–Kier alpha value is -1.40. The van der Waals surface area contributed by atoms with Crippen LogP contribution in [0, 0.1) is 0 Å². The van der Waals surface area contributed by atoms with E-state index < -0.39 is 15.6 Å². The van der Waals surface area contributed by atoms with Crippen LogP contribution in [0.25, 0.3) is 0 Å². The quantitative estimate of drug-likeness (QED) is 0.813. The van der Waals surface area contributed by atoms with E-state index in [4.69, 9.17) is 4.74 Å². The van der Waals surface area contributed by atoms with Crippen molar-refractivity contribution in [3.05, 3.63) is 30.3 Å². The molecule has 1 fully saturated rings. The molecule has 0 saturated heterocycles. The first kappa shape index (κ1) is 15.0. The maximum Gasteiger partial charge on any atom is 0.293 e. The maximum absolute atomic E-state index is 12.2. The van der Waals surface area contributed by atoms with E-state index in [-0.39, 0.29) is 11.4 Å². The van der Waals surface area contributed by atoms with E-state index in [0.29, 0.717) is 19.3 Å². The van der Waals surface area contributed by atoms with E-state index >= 15 is 0 Å². The summed E-state index contributed by atoms with van der Waals surface area (Å²) in [5.41, 5.74) is -0.693. The summed E-state index contributed by atoms with van der Waals surface area (Å²) in [6, 6.07) is 8.18. The lowest BCUT2D eigenvalue weighted by molar-refractivity contribution is -0.146. The highest BCUT2D eigenvalue weighted by Gasteiger charge is 2.35. The van der Waals surface area contributed by atoms with Crippen LogP contribution in [0.4, 0.5) is 0 Å². The summed E-state index contributed by atoms with van der Waals surface area (Å²) in [6.45, 7) is 0.547. The van der Waals surface area contributed by atoms with Crippen LogP contribution in [0.5, 0.6) is 0 Å². The number of nitrogens with one attached hydrogen (secondary N) is 1. The summed E-state index contributed by atoms with van der Waals surface area (Å²) in [5, 5.41) is 0. The third-order valence-electron chi connectivity index (χ3n) is 3.70. The van der Waals surface area contributed by atoms with Gasteiger partial charge in [0.2, 0.25) is 10.0 Å². The lowest BCUT2D eigenvalue weighted by Gasteiger charge is -2.35. The number of hydrogen-bond acceptors (Lipinski definition) is 4. The molecule has 0 aromatic heterocycles. The molecule has 1 saturated carbocycles. The Bertz CT molecular complexity index is 536. The summed E-state index contributed by atoms with van der Waals surface area (Å²) in [7, 11) is -3.56. The van der Waals surface area contributed by atoms with Gasteiger partial charge in [0, 0.05) is 0 Å². The van der Waals surface area contributed by atoms with Crippen molar-refractivity contribution in [1.82, 2.24) is 4.72 Å². The summed E-state index contributed by atoms with van der Waals surface area (Å²) in [6.07, 6.45) is 4.38. The van der Waals surface area contributed by atoms with Crippen molar-refractivity contribution in [1.29, 1.82) is 0 Å². The highest BCUT2D eigenvalue weighted by atomic mass is 32.2. The zero-order valence-corrected chi connectivity index (χ0v) is 12.1. The number of benzene rings is 1. The largest absolute Gasteiger partial charge is 0.460 e. The molecule has 1 aromatic rings. The molecule has 0 amide bonds. The van der Waals surface area contributed by atoms with Crippen molar-refractivity contribution in [2.75, 3.05) is 6.54 Å². The van der Waals surface area contributed by atoms with Gasteiger partial charge in [0.05, 0.1) is 11.4 Å². The zero-order chi connectivity index (χ0) is 14.5. The summed E-state index contributed by atoms with van der Waals surface area (Å²) >= 11 is 0. The molecular weight excluding hydrogens is 278 g/mol. The minimum atomic E-state index is -3.56. The molecule has 0 atom stereocenters. The highest BCUT2D eigenvalue weighted by molar-refractivity contribution is 7.89. The second kappa shape index (κ2) is 6.37. The van der Waals surface area contributed by atoms with Gasteiger partial charge in [-0.15, -0.1) is 0 Å². The number of sulfonamides is 1. The van der Waals surface area contributed by atoms with Crippen molar-refractivity contribution < 1.29 is 17.9 Å². The Morgan fingerprint density at radius 1 is 1.15 bits per heavy atom. The Morgan fingerprint density at radius 3 is 2.40 bits per heavy atom. The Labute approximate surface area is 119 Å². The van der Waals surface area contributed by atoms with Gasteiger partial charge in [-0.2, -0.15) is 0 Å². The molecule has 2 rings (SSSR count). The van der Waals surface area contributed by atoms with E-state index in [1.165, 1.54) is 12.1 Å². The summed E-state index contributed by atoms with van der Waals surface area (Å²) < 4.78 is 32.1. The Balaban J connectivity index is 2.07. The first-order valence-corrected chi connectivity index (χ1v) is 8.23. The smallest absolute Gasteiger partial charge is 0.293 e. The van der Waals surface area contributed by atoms with Crippen molar-refractivity contribution >= 4 is 16.5 Å². The molecule has 1 aromatic carbocycles. The van der Waals surface area contributed by atoms with Crippen LogP contribution in [0.2, 0.25) is 0 Å². The molecule has 1 N–H and O–H groups in total. The SMILES string of the molecule is O=COC1(CNS(=O)(=O)c2ccccc2)CCCCC1. The van der Waals surface area contributed by atoms with Gasteiger partial charge in [-0.3, -0.25) is 4.79 Å².